The Balaban J connectivity index is 2.03. The molecular weight excluding hydrogens is 344 g/mol. The first-order valence-corrected chi connectivity index (χ1v) is 10.6. The molecule has 1 aromatic carbocycles. The summed E-state index contributed by atoms with van der Waals surface area (Å²) in [5, 5.41) is 0. The van der Waals surface area contributed by atoms with Crippen LogP contribution in [0.4, 0.5) is 0 Å². The van der Waals surface area contributed by atoms with E-state index in [1.807, 2.05) is 0 Å². The minimum absolute atomic E-state index is 0.0622. The Bertz CT molecular complexity index is 747. The lowest BCUT2D eigenvalue weighted by atomic mass is 9.96. The molecule has 1 unspecified atom stereocenters. The lowest BCUT2D eigenvalue weighted by Crippen LogP contribution is -2.52. The second-order valence-corrected chi connectivity index (χ2v) is 9.63. The molecule has 0 aliphatic carbocycles. The highest BCUT2D eigenvalue weighted by Crippen LogP contribution is 2.37. The maximum atomic E-state index is 12.0. The number of sulfone groups is 1. The second-order valence-electron chi connectivity index (χ2n) is 5.71. The van der Waals surface area contributed by atoms with Crippen molar-refractivity contribution >= 4 is 20.0 Å². The van der Waals surface area contributed by atoms with E-state index in [1.165, 1.54) is 6.26 Å². The maximum Gasteiger partial charge on any atom is 0.264 e. The molecule has 1 aliphatic heterocycles. The van der Waals surface area contributed by atoms with Gasteiger partial charge in [0.1, 0.15) is 23.2 Å². The highest BCUT2D eigenvalue weighted by Gasteiger charge is 2.49. The summed E-state index contributed by atoms with van der Waals surface area (Å²) in [7, 11) is -6.82. The molecule has 0 aromatic heterocycles. The first kappa shape index (κ1) is 18.2. The number of ether oxygens (including phenoxy) is 2. The van der Waals surface area contributed by atoms with Crippen LogP contribution in [-0.2, 0) is 33.6 Å². The van der Waals surface area contributed by atoms with E-state index < -0.39 is 30.8 Å². The van der Waals surface area contributed by atoms with E-state index in [1.54, 1.807) is 31.2 Å². The molecule has 9 heteroatoms. The SMILES string of the molecule is CC(COc1ccc(C2(S(C)(=O)=O)COC2)cc1)OS(C)(=O)=O. The van der Waals surface area contributed by atoms with E-state index in [0.29, 0.717) is 11.3 Å². The van der Waals surface area contributed by atoms with Crippen LogP contribution in [0.15, 0.2) is 24.3 Å². The predicted octanol–water partition coefficient (Wildman–Crippen LogP) is 0.700. The second kappa shape index (κ2) is 6.39. The van der Waals surface area contributed by atoms with Crippen molar-refractivity contribution in [3.63, 3.8) is 0 Å². The average Bonchev–Trinajstić information content (AvgIpc) is 2.32. The molecule has 0 radical (unpaired) electrons. The molecule has 130 valence electrons. The first-order valence-electron chi connectivity index (χ1n) is 6.92. The fraction of sp³-hybridized carbons (Fsp3) is 0.571. The third-order valence-electron chi connectivity index (χ3n) is 3.58. The van der Waals surface area contributed by atoms with E-state index in [9.17, 15) is 16.8 Å². The molecule has 2 rings (SSSR count). The Hall–Kier alpha value is -1.16. The molecule has 23 heavy (non-hydrogen) atoms. The van der Waals surface area contributed by atoms with Crippen LogP contribution in [0.25, 0.3) is 0 Å². The van der Waals surface area contributed by atoms with E-state index in [-0.39, 0.29) is 19.8 Å². The van der Waals surface area contributed by atoms with E-state index in [0.717, 1.165) is 6.26 Å². The lowest BCUT2D eigenvalue weighted by molar-refractivity contribution is -0.0156. The van der Waals surface area contributed by atoms with Gasteiger partial charge >= 0.3 is 0 Å². The molecule has 1 fully saturated rings. The van der Waals surface area contributed by atoms with Crippen molar-refractivity contribution in [3.8, 4) is 5.75 Å². The Morgan fingerprint density at radius 3 is 2.09 bits per heavy atom. The number of rotatable bonds is 7. The van der Waals surface area contributed by atoms with Gasteiger partial charge in [0.05, 0.1) is 19.5 Å². The van der Waals surface area contributed by atoms with Crippen molar-refractivity contribution in [2.24, 2.45) is 0 Å². The highest BCUT2D eigenvalue weighted by molar-refractivity contribution is 7.91. The Morgan fingerprint density at radius 1 is 1.13 bits per heavy atom. The summed E-state index contributed by atoms with van der Waals surface area (Å²) in [6, 6.07) is 6.66. The van der Waals surface area contributed by atoms with E-state index in [2.05, 4.69) is 0 Å². The van der Waals surface area contributed by atoms with Crippen LogP contribution < -0.4 is 4.74 Å². The smallest absolute Gasteiger partial charge is 0.264 e. The van der Waals surface area contributed by atoms with Gasteiger partial charge in [0.15, 0.2) is 9.84 Å². The van der Waals surface area contributed by atoms with Gasteiger partial charge in [0.2, 0.25) is 0 Å². The van der Waals surface area contributed by atoms with Gasteiger partial charge in [-0.25, -0.2) is 8.42 Å². The number of hydrogen-bond acceptors (Lipinski definition) is 7. The molecule has 0 amide bonds. The van der Waals surface area contributed by atoms with Crippen LogP contribution in [0.3, 0.4) is 0 Å². The van der Waals surface area contributed by atoms with Gasteiger partial charge in [-0.2, -0.15) is 8.42 Å². The summed E-state index contributed by atoms with van der Waals surface area (Å²) in [5.41, 5.74) is 0.652. The van der Waals surface area contributed by atoms with Crippen LogP contribution in [0.1, 0.15) is 12.5 Å². The molecule has 0 bridgehead atoms. The van der Waals surface area contributed by atoms with Gasteiger partial charge in [0.25, 0.3) is 10.1 Å². The minimum atomic E-state index is -3.53. The molecule has 1 atom stereocenters. The van der Waals surface area contributed by atoms with Crippen molar-refractivity contribution in [3.05, 3.63) is 29.8 Å². The Labute approximate surface area is 136 Å². The zero-order chi connectivity index (χ0) is 17.3. The fourth-order valence-electron chi connectivity index (χ4n) is 2.28. The van der Waals surface area contributed by atoms with Crippen molar-refractivity contribution in [2.45, 2.75) is 17.8 Å². The molecule has 1 aromatic rings. The van der Waals surface area contributed by atoms with E-state index >= 15 is 0 Å². The molecule has 1 heterocycles. The quantitative estimate of drug-likeness (QED) is 0.657. The summed E-state index contributed by atoms with van der Waals surface area (Å²) >= 11 is 0. The molecule has 7 nitrogen and oxygen atoms in total. The monoisotopic (exact) mass is 364 g/mol. The third kappa shape index (κ3) is 4.23. The van der Waals surface area contributed by atoms with Gasteiger partial charge in [-0.15, -0.1) is 0 Å². The van der Waals surface area contributed by atoms with Crippen LogP contribution in [-0.4, -0.2) is 55.3 Å². The summed E-state index contributed by atoms with van der Waals surface area (Å²) < 4.78 is 60.3. The van der Waals surface area contributed by atoms with Crippen molar-refractivity contribution in [2.75, 3.05) is 32.3 Å². The summed E-state index contributed by atoms with van der Waals surface area (Å²) in [6.45, 7) is 1.93. The van der Waals surface area contributed by atoms with Crippen molar-refractivity contribution in [1.29, 1.82) is 0 Å². The zero-order valence-corrected chi connectivity index (χ0v) is 14.8. The molecular formula is C14H20O7S2. The van der Waals surface area contributed by atoms with Gasteiger partial charge in [-0.05, 0) is 24.6 Å². The van der Waals surface area contributed by atoms with Gasteiger partial charge in [0, 0.05) is 6.26 Å². The minimum Gasteiger partial charge on any atom is -0.491 e. The predicted molar refractivity (Wildman–Crippen MR) is 84.7 cm³/mol. The average molecular weight is 364 g/mol. The van der Waals surface area contributed by atoms with Crippen LogP contribution in [0, 0.1) is 0 Å². The van der Waals surface area contributed by atoms with Crippen molar-refractivity contribution < 1.29 is 30.5 Å². The van der Waals surface area contributed by atoms with Gasteiger partial charge in [-0.1, -0.05) is 12.1 Å². The summed E-state index contributed by atoms with van der Waals surface area (Å²) in [4.78, 5) is 0. The Morgan fingerprint density at radius 2 is 1.70 bits per heavy atom. The van der Waals surface area contributed by atoms with Crippen molar-refractivity contribution in [1.82, 2.24) is 0 Å². The molecule has 1 saturated heterocycles. The zero-order valence-electron chi connectivity index (χ0n) is 13.2. The summed E-state index contributed by atoms with van der Waals surface area (Å²) in [6.07, 6.45) is 1.56. The van der Waals surface area contributed by atoms with Gasteiger partial charge < -0.3 is 9.47 Å². The lowest BCUT2D eigenvalue weighted by Gasteiger charge is -2.39. The standard InChI is InChI=1S/C14H20O7S2/c1-11(21-23(3,17)18)8-20-13-6-4-12(5-7-13)14(9-19-10-14)22(2,15)16/h4-7,11H,8-10H2,1-3H3. The third-order valence-corrected chi connectivity index (χ3v) is 6.15. The first-order chi connectivity index (χ1) is 10.5. The largest absolute Gasteiger partial charge is 0.491 e. The molecule has 0 saturated carbocycles. The van der Waals surface area contributed by atoms with Gasteiger partial charge in [-0.3, -0.25) is 4.18 Å². The summed E-state index contributed by atoms with van der Waals surface area (Å²) in [5.74, 6) is 0.501. The maximum absolute atomic E-state index is 12.0. The molecule has 0 spiro atoms. The van der Waals surface area contributed by atoms with Crippen LogP contribution >= 0.6 is 0 Å². The number of hydrogen-bond donors (Lipinski definition) is 0. The highest BCUT2D eigenvalue weighted by atomic mass is 32.2. The normalized spacial score (nSPS) is 18.9. The fourth-order valence-corrected chi connectivity index (χ4v) is 4.09. The molecule has 0 N–H and O–H groups in total. The Kier molecular flexibility index (Phi) is 5.05. The van der Waals surface area contributed by atoms with Crippen LogP contribution in [0.2, 0.25) is 0 Å². The molecule has 1 aliphatic rings. The topological polar surface area (TPSA) is 96.0 Å². The van der Waals surface area contributed by atoms with E-state index in [4.69, 9.17) is 13.7 Å². The van der Waals surface area contributed by atoms with Crippen LogP contribution in [0.5, 0.6) is 5.75 Å². The number of benzene rings is 1.